The first kappa shape index (κ1) is 22.8. The first-order chi connectivity index (χ1) is 10.0. The van der Waals surface area contributed by atoms with E-state index in [4.69, 9.17) is 39.8 Å². The van der Waals surface area contributed by atoms with Crippen LogP contribution in [0.15, 0.2) is 4.99 Å². The molecule has 1 aliphatic heterocycles. The normalized spacial score (nSPS) is 14.7. The summed E-state index contributed by atoms with van der Waals surface area (Å²) in [6, 6.07) is -0.820. The second-order valence-electron chi connectivity index (χ2n) is 4.30. The minimum atomic E-state index is -4.67. The van der Waals surface area contributed by atoms with Crippen molar-refractivity contribution in [3.63, 3.8) is 0 Å². The number of carboxylic acids is 1. The molecule has 1 fully saturated rings. The summed E-state index contributed by atoms with van der Waals surface area (Å²) in [7, 11) is -4.67. The Hall–Kier alpha value is -1.47. The van der Waals surface area contributed by atoms with Crippen LogP contribution in [0.4, 0.5) is 0 Å². The van der Waals surface area contributed by atoms with E-state index in [9.17, 15) is 4.79 Å². The molecule has 1 unspecified atom stereocenters. The summed E-state index contributed by atoms with van der Waals surface area (Å²) < 4.78 is 31.6. The van der Waals surface area contributed by atoms with Crippen molar-refractivity contribution in [3.8, 4) is 0 Å². The molecule has 11 nitrogen and oxygen atoms in total. The fraction of sp³-hybridized carbons (Fsp3) is 0.800. The molecular formula is C10H25N5O6S. The van der Waals surface area contributed by atoms with Crippen molar-refractivity contribution in [2.75, 3.05) is 19.6 Å². The number of nitrogens with one attached hydrogen (secondary N) is 1. The van der Waals surface area contributed by atoms with Crippen LogP contribution < -0.4 is 22.5 Å². The second kappa shape index (κ2) is 13.2. The molecule has 1 rings (SSSR count). The average Bonchev–Trinajstić information content (AvgIpc) is 2.90. The van der Waals surface area contributed by atoms with Crippen LogP contribution in [0, 0.1) is 0 Å². The molecule has 132 valence electrons. The lowest BCUT2D eigenvalue weighted by Gasteiger charge is -2.03. The SMILES string of the molecule is C1CCNC1.NC(N)=NCCCC(N)C(=O)O.O=S(=O)(O)O. The van der Waals surface area contributed by atoms with Gasteiger partial charge in [0, 0.05) is 6.54 Å². The minimum Gasteiger partial charge on any atom is -0.480 e. The first-order valence-corrected chi connectivity index (χ1v) is 7.88. The highest BCUT2D eigenvalue weighted by atomic mass is 32.3. The van der Waals surface area contributed by atoms with Gasteiger partial charge in [-0.05, 0) is 38.8 Å². The number of rotatable bonds is 5. The van der Waals surface area contributed by atoms with Gasteiger partial charge in [-0.1, -0.05) is 0 Å². The average molecular weight is 343 g/mol. The monoisotopic (exact) mass is 343 g/mol. The zero-order chi connectivity index (χ0) is 17.6. The lowest BCUT2D eigenvalue weighted by Crippen LogP contribution is -2.30. The van der Waals surface area contributed by atoms with Crippen LogP contribution in [0.5, 0.6) is 0 Å². The van der Waals surface area contributed by atoms with Gasteiger partial charge in [0.1, 0.15) is 6.04 Å². The lowest BCUT2D eigenvalue weighted by atomic mass is 10.2. The summed E-state index contributed by atoms with van der Waals surface area (Å²) in [5.41, 5.74) is 15.3. The van der Waals surface area contributed by atoms with Gasteiger partial charge < -0.3 is 27.6 Å². The number of aliphatic carboxylic acids is 1. The largest absolute Gasteiger partial charge is 0.480 e. The van der Waals surface area contributed by atoms with E-state index >= 15 is 0 Å². The zero-order valence-corrected chi connectivity index (χ0v) is 13.0. The van der Waals surface area contributed by atoms with Gasteiger partial charge in [0.2, 0.25) is 0 Å². The summed E-state index contributed by atoms with van der Waals surface area (Å²) in [4.78, 5) is 13.9. The molecule has 1 saturated heterocycles. The van der Waals surface area contributed by atoms with Crippen LogP contribution in [-0.2, 0) is 15.2 Å². The standard InChI is InChI=1S/C6H14N4O2.C4H9N.H2O4S/c7-4(5(11)12)2-1-3-10-6(8)9;1-2-4-5-3-1;1-5(2,3)4/h4H,1-3,7H2,(H,11,12)(H4,8,9,10);5H,1-4H2;(H2,1,2,3,4). The van der Waals surface area contributed by atoms with Gasteiger partial charge in [-0.3, -0.25) is 18.9 Å². The molecule has 0 saturated carbocycles. The van der Waals surface area contributed by atoms with E-state index < -0.39 is 22.4 Å². The second-order valence-corrected chi connectivity index (χ2v) is 5.19. The van der Waals surface area contributed by atoms with E-state index in [0.29, 0.717) is 19.4 Å². The lowest BCUT2D eigenvalue weighted by molar-refractivity contribution is -0.138. The van der Waals surface area contributed by atoms with Crippen LogP contribution in [0.1, 0.15) is 25.7 Å². The Labute approximate surface area is 129 Å². The van der Waals surface area contributed by atoms with Crippen LogP contribution in [-0.4, -0.2) is 60.2 Å². The van der Waals surface area contributed by atoms with E-state index in [0.717, 1.165) is 0 Å². The molecule has 0 amide bonds. The Morgan fingerprint density at radius 2 is 1.68 bits per heavy atom. The molecule has 22 heavy (non-hydrogen) atoms. The molecular weight excluding hydrogens is 318 g/mol. The highest BCUT2D eigenvalue weighted by Gasteiger charge is 2.09. The molecule has 1 aliphatic rings. The minimum absolute atomic E-state index is 0.0129. The van der Waals surface area contributed by atoms with Crippen molar-refractivity contribution in [2.24, 2.45) is 22.2 Å². The summed E-state index contributed by atoms with van der Waals surface area (Å²) in [6.45, 7) is 2.92. The Kier molecular flexibility index (Phi) is 13.7. The maximum Gasteiger partial charge on any atom is 0.394 e. The summed E-state index contributed by atoms with van der Waals surface area (Å²) >= 11 is 0. The number of guanidine groups is 1. The first-order valence-electron chi connectivity index (χ1n) is 6.48. The number of nitrogens with two attached hydrogens (primary N) is 3. The fourth-order valence-electron chi connectivity index (χ4n) is 1.27. The van der Waals surface area contributed by atoms with Crippen LogP contribution in [0.3, 0.4) is 0 Å². The highest BCUT2D eigenvalue weighted by molar-refractivity contribution is 7.79. The van der Waals surface area contributed by atoms with E-state index in [1.165, 1.54) is 25.9 Å². The van der Waals surface area contributed by atoms with Gasteiger partial charge in [-0.15, -0.1) is 0 Å². The third kappa shape index (κ3) is 27.0. The van der Waals surface area contributed by atoms with Crippen molar-refractivity contribution in [3.05, 3.63) is 0 Å². The number of hydrogen-bond acceptors (Lipinski definition) is 6. The number of aliphatic imine (C=N–C) groups is 1. The van der Waals surface area contributed by atoms with Gasteiger partial charge in [0.05, 0.1) is 0 Å². The van der Waals surface area contributed by atoms with Crippen molar-refractivity contribution in [1.29, 1.82) is 0 Å². The molecule has 12 heteroatoms. The van der Waals surface area contributed by atoms with Gasteiger partial charge >= 0.3 is 16.4 Å². The molecule has 0 aromatic carbocycles. The Balaban J connectivity index is 0. The smallest absolute Gasteiger partial charge is 0.394 e. The van der Waals surface area contributed by atoms with Crippen molar-refractivity contribution in [1.82, 2.24) is 5.32 Å². The van der Waals surface area contributed by atoms with E-state index in [1.807, 2.05) is 0 Å². The molecule has 0 aromatic rings. The third-order valence-corrected chi connectivity index (χ3v) is 2.24. The van der Waals surface area contributed by atoms with Crippen molar-refractivity contribution < 1.29 is 27.4 Å². The van der Waals surface area contributed by atoms with Crippen LogP contribution >= 0.6 is 0 Å². The molecule has 10 N–H and O–H groups in total. The number of hydrogen-bond donors (Lipinski definition) is 7. The van der Waals surface area contributed by atoms with E-state index in [1.54, 1.807) is 0 Å². The van der Waals surface area contributed by atoms with Crippen LogP contribution in [0.25, 0.3) is 0 Å². The van der Waals surface area contributed by atoms with Crippen molar-refractivity contribution >= 4 is 22.3 Å². The third-order valence-electron chi connectivity index (χ3n) is 2.24. The molecule has 0 aromatic heterocycles. The van der Waals surface area contributed by atoms with Gasteiger partial charge in [-0.2, -0.15) is 8.42 Å². The molecule has 0 spiro atoms. The highest BCUT2D eigenvalue weighted by Crippen LogP contribution is 1.94. The van der Waals surface area contributed by atoms with E-state index in [-0.39, 0.29) is 5.96 Å². The Bertz CT molecular complexity index is 404. The molecule has 0 aliphatic carbocycles. The Morgan fingerprint density at radius 3 is 1.95 bits per heavy atom. The van der Waals surface area contributed by atoms with E-state index in [2.05, 4.69) is 10.3 Å². The zero-order valence-electron chi connectivity index (χ0n) is 12.2. The van der Waals surface area contributed by atoms with Crippen LogP contribution in [0.2, 0.25) is 0 Å². The maximum absolute atomic E-state index is 10.2. The summed E-state index contributed by atoms with van der Waals surface area (Å²) in [5, 5.41) is 11.6. The van der Waals surface area contributed by atoms with Crippen molar-refractivity contribution in [2.45, 2.75) is 31.7 Å². The summed E-state index contributed by atoms with van der Waals surface area (Å²) in [6.07, 6.45) is 3.73. The topological polar surface area (TPSA) is 214 Å². The van der Waals surface area contributed by atoms with Gasteiger partial charge in [0.15, 0.2) is 5.96 Å². The number of nitrogens with zero attached hydrogens (tertiary/aromatic N) is 1. The van der Waals surface area contributed by atoms with Gasteiger partial charge in [0.25, 0.3) is 0 Å². The molecule has 0 bridgehead atoms. The molecule has 1 atom stereocenters. The number of carbonyl (C=O) groups is 1. The predicted octanol–water partition coefficient (Wildman–Crippen LogP) is -1.83. The number of carboxylic acid groups (broad SMARTS) is 1. The molecule has 0 radical (unpaired) electrons. The maximum atomic E-state index is 10.2. The Morgan fingerprint density at radius 1 is 1.23 bits per heavy atom. The quantitative estimate of drug-likeness (QED) is 0.128. The van der Waals surface area contributed by atoms with Gasteiger partial charge in [-0.25, -0.2) is 0 Å². The fourth-order valence-corrected chi connectivity index (χ4v) is 1.27. The molecule has 1 heterocycles. The summed E-state index contributed by atoms with van der Waals surface area (Å²) in [5.74, 6) is -0.987. The predicted molar refractivity (Wildman–Crippen MR) is 81.8 cm³/mol.